The van der Waals surface area contributed by atoms with Crippen molar-refractivity contribution in [2.75, 3.05) is 17.3 Å². The molecule has 0 bridgehead atoms. The van der Waals surface area contributed by atoms with Gasteiger partial charge in [0, 0.05) is 12.7 Å². The molecule has 5 nitrogen and oxygen atoms in total. The predicted octanol–water partition coefficient (Wildman–Crippen LogP) is 2.94. The van der Waals surface area contributed by atoms with Crippen LogP contribution in [-0.2, 0) is 9.59 Å². The third-order valence-corrected chi connectivity index (χ3v) is 4.34. The number of hydrogen-bond donors (Lipinski definition) is 1. The van der Waals surface area contributed by atoms with Gasteiger partial charge >= 0.3 is 0 Å². The molecule has 0 unspecified atom stereocenters. The van der Waals surface area contributed by atoms with E-state index in [1.807, 2.05) is 36.4 Å². The predicted molar refractivity (Wildman–Crippen MR) is 91.3 cm³/mol. The second-order valence-electron chi connectivity index (χ2n) is 5.89. The van der Waals surface area contributed by atoms with Crippen LogP contribution in [0, 0.1) is 16.7 Å². The third-order valence-electron chi connectivity index (χ3n) is 4.34. The molecule has 2 aromatic rings. The topological polar surface area (TPSA) is 73.2 Å². The highest BCUT2D eigenvalue weighted by molar-refractivity contribution is 6.17. The molecule has 5 heteroatoms. The highest BCUT2D eigenvalue weighted by Gasteiger charge is 2.57. The van der Waals surface area contributed by atoms with Crippen molar-refractivity contribution < 1.29 is 9.59 Å². The number of nitrogens with zero attached hydrogens (tertiary/aromatic N) is 2. The number of carbonyl (C=O) groups excluding carboxylic acids is 2. The number of hydrogen-bond acceptors (Lipinski definition) is 3. The highest BCUT2D eigenvalue weighted by atomic mass is 16.2. The molecule has 0 heterocycles. The average molecular weight is 319 g/mol. The van der Waals surface area contributed by atoms with Crippen LogP contribution in [0.3, 0.4) is 0 Å². The molecule has 0 atom stereocenters. The van der Waals surface area contributed by atoms with Crippen molar-refractivity contribution in [3.8, 4) is 6.07 Å². The Balaban J connectivity index is 1.79. The zero-order valence-electron chi connectivity index (χ0n) is 13.3. The van der Waals surface area contributed by atoms with Crippen molar-refractivity contribution in [3.63, 3.8) is 0 Å². The summed E-state index contributed by atoms with van der Waals surface area (Å²) in [6, 6.07) is 18.0. The molecular formula is C19H17N3O2. The Labute approximate surface area is 140 Å². The molecule has 1 saturated carbocycles. The summed E-state index contributed by atoms with van der Waals surface area (Å²) in [5.74, 6) is -0.571. The van der Waals surface area contributed by atoms with Gasteiger partial charge in [0.05, 0.1) is 11.3 Å². The minimum Gasteiger partial charge on any atom is -0.324 e. The first kappa shape index (κ1) is 15.8. The molecule has 2 aromatic carbocycles. The van der Waals surface area contributed by atoms with Crippen LogP contribution in [0.25, 0.3) is 0 Å². The summed E-state index contributed by atoms with van der Waals surface area (Å²) in [5, 5.41) is 11.9. The maximum atomic E-state index is 12.8. The van der Waals surface area contributed by atoms with Crippen LogP contribution in [0.5, 0.6) is 0 Å². The van der Waals surface area contributed by atoms with Crippen LogP contribution in [-0.4, -0.2) is 18.9 Å². The molecule has 2 amide bonds. The van der Waals surface area contributed by atoms with Gasteiger partial charge in [0.2, 0.25) is 11.8 Å². The lowest BCUT2D eigenvalue weighted by Gasteiger charge is -2.23. The molecule has 1 aliphatic carbocycles. The van der Waals surface area contributed by atoms with Gasteiger partial charge in [-0.3, -0.25) is 9.59 Å². The van der Waals surface area contributed by atoms with Crippen molar-refractivity contribution in [1.29, 1.82) is 5.26 Å². The van der Waals surface area contributed by atoms with E-state index in [-0.39, 0.29) is 11.8 Å². The molecule has 0 saturated heterocycles. The number of anilines is 2. The molecule has 0 spiro atoms. The quantitative estimate of drug-likeness (QED) is 0.881. The average Bonchev–Trinajstić information content (AvgIpc) is 3.43. The molecule has 1 N–H and O–H groups in total. The number of carbonyl (C=O) groups is 2. The Kier molecular flexibility index (Phi) is 4.05. The third kappa shape index (κ3) is 2.74. The maximum absolute atomic E-state index is 12.8. The van der Waals surface area contributed by atoms with Gasteiger partial charge in [0.1, 0.15) is 11.5 Å². The normalized spacial score (nSPS) is 14.3. The fourth-order valence-corrected chi connectivity index (χ4v) is 2.68. The Morgan fingerprint density at radius 3 is 2.33 bits per heavy atom. The van der Waals surface area contributed by atoms with E-state index >= 15 is 0 Å². The summed E-state index contributed by atoms with van der Waals surface area (Å²) in [4.78, 5) is 27.0. The molecule has 3 rings (SSSR count). The lowest BCUT2D eigenvalue weighted by molar-refractivity contribution is -0.132. The molecule has 0 aromatic heterocycles. The number of nitrogens with one attached hydrogen (secondary N) is 1. The van der Waals surface area contributed by atoms with Crippen molar-refractivity contribution in [2.24, 2.45) is 5.41 Å². The number of rotatable bonds is 4. The number of para-hydroxylation sites is 2. The zero-order valence-corrected chi connectivity index (χ0v) is 13.3. The van der Waals surface area contributed by atoms with E-state index in [0.29, 0.717) is 24.1 Å². The molecule has 120 valence electrons. The van der Waals surface area contributed by atoms with E-state index in [0.717, 1.165) is 5.69 Å². The smallest absolute Gasteiger partial charge is 0.242 e. The number of amides is 2. The van der Waals surface area contributed by atoms with Gasteiger partial charge in [-0.15, -0.1) is 0 Å². The molecule has 24 heavy (non-hydrogen) atoms. The SMILES string of the molecule is CN(C(=O)C1(C(=O)Nc2ccccc2C#N)CC1)c1ccccc1. The van der Waals surface area contributed by atoms with Gasteiger partial charge in [-0.2, -0.15) is 5.26 Å². The minimum atomic E-state index is -1.03. The highest BCUT2D eigenvalue weighted by Crippen LogP contribution is 2.48. The lowest BCUT2D eigenvalue weighted by atomic mass is 10.0. The molecule has 0 radical (unpaired) electrons. The summed E-state index contributed by atoms with van der Waals surface area (Å²) in [5.41, 5.74) is 0.531. The van der Waals surface area contributed by atoms with Crippen LogP contribution in [0.15, 0.2) is 54.6 Å². The molecule has 0 aliphatic heterocycles. The molecule has 1 fully saturated rings. The van der Waals surface area contributed by atoms with Gasteiger partial charge in [-0.1, -0.05) is 30.3 Å². The minimum absolute atomic E-state index is 0.222. The van der Waals surface area contributed by atoms with E-state index in [1.54, 1.807) is 31.3 Å². The van der Waals surface area contributed by atoms with Crippen LogP contribution in [0.2, 0.25) is 0 Å². The van der Waals surface area contributed by atoms with E-state index in [1.165, 1.54) is 4.90 Å². The summed E-state index contributed by atoms with van der Waals surface area (Å²) in [6.07, 6.45) is 1.03. The summed E-state index contributed by atoms with van der Waals surface area (Å²) in [7, 11) is 1.67. The largest absolute Gasteiger partial charge is 0.324 e. The monoisotopic (exact) mass is 319 g/mol. The van der Waals surface area contributed by atoms with Crippen LogP contribution >= 0.6 is 0 Å². The molecule has 1 aliphatic rings. The van der Waals surface area contributed by atoms with Gasteiger partial charge in [-0.05, 0) is 37.1 Å². The van der Waals surface area contributed by atoms with E-state index in [2.05, 4.69) is 5.32 Å². The van der Waals surface area contributed by atoms with Crippen molar-refractivity contribution >= 4 is 23.2 Å². The van der Waals surface area contributed by atoms with Crippen LogP contribution in [0.4, 0.5) is 11.4 Å². The van der Waals surface area contributed by atoms with E-state index in [4.69, 9.17) is 5.26 Å². The Bertz CT molecular complexity index is 820. The van der Waals surface area contributed by atoms with Gasteiger partial charge in [0.25, 0.3) is 0 Å². The Hall–Kier alpha value is -3.13. The Morgan fingerprint density at radius 2 is 1.71 bits per heavy atom. The first-order valence-corrected chi connectivity index (χ1v) is 7.72. The van der Waals surface area contributed by atoms with Gasteiger partial charge < -0.3 is 10.2 Å². The van der Waals surface area contributed by atoms with Crippen molar-refractivity contribution in [2.45, 2.75) is 12.8 Å². The van der Waals surface area contributed by atoms with Gasteiger partial charge in [-0.25, -0.2) is 0 Å². The lowest BCUT2D eigenvalue weighted by Crippen LogP contribution is -2.41. The second kappa shape index (κ2) is 6.17. The van der Waals surface area contributed by atoms with Crippen molar-refractivity contribution in [1.82, 2.24) is 0 Å². The molecular weight excluding hydrogens is 302 g/mol. The van der Waals surface area contributed by atoms with Crippen LogP contribution in [0.1, 0.15) is 18.4 Å². The van der Waals surface area contributed by atoms with E-state index in [9.17, 15) is 9.59 Å². The standard InChI is InChI=1S/C19H17N3O2/c1-22(15-8-3-2-4-9-15)18(24)19(11-12-19)17(23)21-16-10-6-5-7-14(16)13-20/h2-10H,11-12H2,1H3,(H,21,23). The zero-order chi connectivity index (χ0) is 17.2. The maximum Gasteiger partial charge on any atom is 0.242 e. The van der Waals surface area contributed by atoms with Gasteiger partial charge in [0.15, 0.2) is 0 Å². The van der Waals surface area contributed by atoms with E-state index < -0.39 is 5.41 Å². The Morgan fingerprint density at radius 1 is 1.08 bits per heavy atom. The summed E-state index contributed by atoms with van der Waals surface area (Å²) in [6.45, 7) is 0. The summed E-state index contributed by atoms with van der Waals surface area (Å²) < 4.78 is 0. The first-order chi connectivity index (χ1) is 11.6. The first-order valence-electron chi connectivity index (χ1n) is 7.72. The van der Waals surface area contributed by atoms with Crippen LogP contribution < -0.4 is 10.2 Å². The summed E-state index contributed by atoms with van der Waals surface area (Å²) >= 11 is 0. The van der Waals surface area contributed by atoms with Crippen molar-refractivity contribution in [3.05, 3.63) is 60.2 Å². The fourth-order valence-electron chi connectivity index (χ4n) is 2.68. The number of benzene rings is 2. The fraction of sp³-hybridized carbons (Fsp3) is 0.211. The second-order valence-corrected chi connectivity index (χ2v) is 5.89. The number of nitriles is 1.